The van der Waals surface area contributed by atoms with Gasteiger partial charge in [0.25, 0.3) is 0 Å². The smallest absolute Gasteiger partial charge is 0.264 e. The topological polar surface area (TPSA) is 12.9 Å². The number of hydrogen-bond donors (Lipinski definition) is 0. The van der Waals surface area contributed by atoms with Crippen LogP contribution in [0.1, 0.15) is 22.1 Å². The molecule has 0 N–H and O–H groups in total. The van der Waals surface area contributed by atoms with Gasteiger partial charge in [0.05, 0.1) is 10.9 Å². The van der Waals surface area contributed by atoms with Crippen LogP contribution >= 0.6 is 11.6 Å². The van der Waals surface area contributed by atoms with E-state index in [0.717, 1.165) is 23.0 Å². The van der Waals surface area contributed by atoms with E-state index in [9.17, 15) is 13.2 Å². The molecule has 1 unspecified atom stereocenters. The number of pyridine rings is 1. The average Bonchev–Trinajstić information content (AvgIpc) is 2.53. The van der Waals surface area contributed by atoms with Crippen LogP contribution in [0.4, 0.5) is 13.2 Å². The molecule has 0 aliphatic carbocycles. The Morgan fingerprint density at radius 3 is 2.41 bits per heavy atom. The lowest BCUT2D eigenvalue weighted by Gasteiger charge is -2.18. The Morgan fingerprint density at radius 1 is 0.909 bits per heavy atom. The Hall–Kier alpha value is -2.07. The number of fused-ring (bicyclic) bond motifs is 1. The number of benzene rings is 2. The summed E-state index contributed by atoms with van der Waals surface area (Å²) in [5.74, 6) is 0. The zero-order valence-corrected chi connectivity index (χ0v) is 12.1. The molecule has 0 aliphatic heterocycles. The van der Waals surface area contributed by atoms with Crippen molar-refractivity contribution in [3.8, 4) is 0 Å². The van der Waals surface area contributed by atoms with Crippen molar-refractivity contribution in [2.75, 3.05) is 0 Å². The molecule has 0 spiro atoms. The van der Waals surface area contributed by atoms with Crippen LogP contribution in [0.25, 0.3) is 10.8 Å². The van der Waals surface area contributed by atoms with Gasteiger partial charge in [-0.3, -0.25) is 4.98 Å². The lowest BCUT2D eigenvalue weighted by atomic mass is 9.96. The highest BCUT2D eigenvalue weighted by molar-refractivity contribution is 6.23. The van der Waals surface area contributed by atoms with Gasteiger partial charge in [0.2, 0.25) is 0 Å². The first-order valence-electron chi connectivity index (χ1n) is 6.61. The van der Waals surface area contributed by atoms with E-state index >= 15 is 0 Å². The Bertz CT molecular complexity index is 809. The van der Waals surface area contributed by atoms with Gasteiger partial charge < -0.3 is 0 Å². The van der Waals surface area contributed by atoms with Gasteiger partial charge >= 0.3 is 6.18 Å². The summed E-state index contributed by atoms with van der Waals surface area (Å²) in [5, 5.41) is 0.849. The zero-order valence-electron chi connectivity index (χ0n) is 11.3. The van der Waals surface area contributed by atoms with Gasteiger partial charge in [0.15, 0.2) is 0 Å². The van der Waals surface area contributed by atoms with E-state index in [4.69, 9.17) is 11.6 Å². The molecular weight excluding hydrogens is 311 g/mol. The molecule has 1 nitrogen and oxygen atoms in total. The van der Waals surface area contributed by atoms with Crippen molar-refractivity contribution >= 4 is 22.4 Å². The van der Waals surface area contributed by atoms with E-state index in [1.165, 1.54) is 6.20 Å². The molecule has 0 amide bonds. The van der Waals surface area contributed by atoms with Gasteiger partial charge in [0.1, 0.15) is 0 Å². The second kappa shape index (κ2) is 5.61. The van der Waals surface area contributed by atoms with E-state index in [-0.39, 0.29) is 5.56 Å². The Kier molecular flexibility index (Phi) is 3.79. The highest BCUT2D eigenvalue weighted by Gasteiger charge is 2.35. The molecule has 0 saturated carbocycles. The van der Waals surface area contributed by atoms with Crippen molar-refractivity contribution < 1.29 is 13.2 Å². The fraction of sp³-hybridized carbons (Fsp3) is 0.118. The minimum Gasteiger partial charge on any atom is -0.264 e. The summed E-state index contributed by atoms with van der Waals surface area (Å²) in [6, 6.07) is 13.8. The SMILES string of the molecule is FC(F)(F)c1ccncc1C(Cl)c1cccc2ccccc12. The first-order chi connectivity index (χ1) is 10.5. The molecule has 0 radical (unpaired) electrons. The lowest BCUT2D eigenvalue weighted by Crippen LogP contribution is -2.11. The first kappa shape index (κ1) is 14.9. The summed E-state index contributed by atoms with van der Waals surface area (Å²) < 4.78 is 39.5. The van der Waals surface area contributed by atoms with Crippen molar-refractivity contribution in [2.45, 2.75) is 11.6 Å². The molecule has 3 rings (SSSR count). The molecule has 0 aliphatic rings. The Balaban J connectivity index is 2.17. The van der Waals surface area contributed by atoms with E-state index in [2.05, 4.69) is 4.98 Å². The summed E-state index contributed by atoms with van der Waals surface area (Å²) in [5.41, 5.74) is -0.151. The van der Waals surface area contributed by atoms with Crippen LogP contribution in [0.5, 0.6) is 0 Å². The molecule has 2 aromatic carbocycles. The quantitative estimate of drug-likeness (QED) is 0.561. The minimum atomic E-state index is -4.46. The number of rotatable bonds is 2. The summed E-state index contributed by atoms with van der Waals surface area (Å²) >= 11 is 6.38. The first-order valence-corrected chi connectivity index (χ1v) is 7.05. The minimum absolute atomic E-state index is 0.0342. The number of alkyl halides is 4. The number of nitrogens with zero attached hydrogens (tertiary/aromatic N) is 1. The van der Waals surface area contributed by atoms with Crippen LogP contribution in [0, 0.1) is 0 Å². The van der Waals surface area contributed by atoms with Crippen LogP contribution < -0.4 is 0 Å². The van der Waals surface area contributed by atoms with Gasteiger partial charge in [-0.15, -0.1) is 11.6 Å². The summed E-state index contributed by atoms with van der Waals surface area (Å²) in [7, 11) is 0. The number of hydrogen-bond acceptors (Lipinski definition) is 1. The average molecular weight is 322 g/mol. The second-order valence-corrected chi connectivity index (χ2v) is 5.33. The van der Waals surface area contributed by atoms with Gasteiger partial charge in [-0.1, -0.05) is 42.5 Å². The van der Waals surface area contributed by atoms with Crippen LogP contribution in [0.2, 0.25) is 0 Å². The maximum atomic E-state index is 13.2. The molecule has 1 heterocycles. The third kappa shape index (κ3) is 2.66. The molecule has 1 atom stereocenters. The highest BCUT2D eigenvalue weighted by Crippen LogP contribution is 2.40. The third-order valence-corrected chi connectivity index (χ3v) is 4.00. The Morgan fingerprint density at radius 2 is 1.64 bits per heavy atom. The summed E-state index contributed by atoms with van der Waals surface area (Å²) in [6.07, 6.45) is -2.16. The number of halogens is 4. The molecule has 3 aromatic rings. The summed E-state index contributed by atoms with van der Waals surface area (Å²) in [4.78, 5) is 3.80. The molecule has 0 fully saturated rings. The monoisotopic (exact) mass is 321 g/mol. The molecule has 22 heavy (non-hydrogen) atoms. The lowest BCUT2D eigenvalue weighted by molar-refractivity contribution is -0.138. The Labute approximate surface area is 130 Å². The molecule has 0 saturated heterocycles. The van der Waals surface area contributed by atoms with E-state index in [1.54, 1.807) is 12.1 Å². The van der Waals surface area contributed by atoms with Crippen molar-refractivity contribution in [3.63, 3.8) is 0 Å². The molecular formula is C17H11ClF3N. The number of aromatic nitrogens is 1. The molecule has 0 bridgehead atoms. The maximum absolute atomic E-state index is 13.2. The fourth-order valence-corrected chi connectivity index (χ4v) is 2.87. The molecule has 5 heteroatoms. The van der Waals surface area contributed by atoms with Crippen molar-refractivity contribution in [3.05, 3.63) is 77.6 Å². The largest absolute Gasteiger partial charge is 0.416 e. The van der Waals surface area contributed by atoms with Crippen LogP contribution in [0.15, 0.2) is 60.9 Å². The van der Waals surface area contributed by atoms with Gasteiger partial charge in [-0.25, -0.2) is 0 Å². The van der Waals surface area contributed by atoms with Gasteiger partial charge in [0, 0.05) is 18.0 Å². The standard InChI is InChI=1S/C17H11ClF3N/c18-16(14-10-22-9-8-15(14)17(19,20)21)13-7-3-5-11-4-1-2-6-12(11)13/h1-10,16H. The molecule has 112 valence electrons. The molecule has 1 aromatic heterocycles. The van der Waals surface area contributed by atoms with Crippen LogP contribution in [-0.2, 0) is 6.18 Å². The highest BCUT2D eigenvalue weighted by atomic mass is 35.5. The van der Waals surface area contributed by atoms with E-state index in [1.807, 2.05) is 30.3 Å². The van der Waals surface area contributed by atoms with Crippen LogP contribution in [0.3, 0.4) is 0 Å². The summed E-state index contributed by atoms with van der Waals surface area (Å²) in [6.45, 7) is 0. The van der Waals surface area contributed by atoms with E-state index < -0.39 is 17.1 Å². The third-order valence-electron chi connectivity index (χ3n) is 3.53. The normalized spacial score (nSPS) is 13.3. The fourth-order valence-electron chi connectivity index (χ4n) is 2.51. The van der Waals surface area contributed by atoms with Crippen molar-refractivity contribution in [1.82, 2.24) is 4.98 Å². The predicted octanol–water partition coefficient (Wildman–Crippen LogP) is 5.58. The van der Waals surface area contributed by atoms with Crippen LogP contribution in [-0.4, -0.2) is 4.98 Å². The van der Waals surface area contributed by atoms with Gasteiger partial charge in [-0.2, -0.15) is 13.2 Å². The van der Waals surface area contributed by atoms with Gasteiger partial charge in [-0.05, 0) is 22.4 Å². The second-order valence-electron chi connectivity index (χ2n) is 4.89. The van der Waals surface area contributed by atoms with Crippen molar-refractivity contribution in [1.29, 1.82) is 0 Å². The zero-order chi connectivity index (χ0) is 15.7. The predicted molar refractivity (Wildman–Crippen MR) is 80.9 cm³/mol. The van der Waals surface area contributed by atoms with Crippen molar-refractivity contribution in [2.24, 2.45) is 0 Å². The van der Waals surface area contributed by atoms with E-state index in [0.29, 0.717) is 5.56 Å². The maximum Gasteiger partial charge on any atom is 0.416 e.